The van der Waals surface area contributed by atoms with Gasteiger partial charge in [-0.15, -0.1) is 12.6 Å². The van der Waals surface area contributed by atoms with E-state index in [0.717, 1.165) is 37.0 Å². The number of amides is 1. The molecule has 1 aromatic rings. The number of benzene rings is 1. The minimum Gasteiger partial charge on any atom is -0.384 e. The van der Waals surface area contributed by atoms with Crippen molar-refractivity contribution in [1.82, 2.24) is 4.90 Å². The van der Waals surface area contributed by atoms with Crippen molar-refractivity contribution in [2.75, 3.05) is 26.8 Å². The molecule has 0 bridgehead atoms. The molecule has 0 aromatic heterocycles. The van der Waals surface area contributed by atoms with E-state index in [1.165, 1.54) is 0 Å². The first-order valence-corrected chi connectivity index (χ1v) is 7.62. The third kappa shape index (κ3) is 3.74. The van der Waals surface area contributed by atoms with Gasteiger partial charge in [-0.1, -0.05) is 15.9 Å². The molecular formula is C14H18BrNO2S. The van der Waals surface area contributed by atoms with Crippen molar-refractivity contribution in [2.24, 2.45) is 5.92 Å². The Balaban J connectivity index is 2.10. The van der Waals surface area contributed by atoms with E-state index in [4.69, 9.17) is 4.74 Å². The smallest absolute Gasteiger partial charge is 0.254 e. The predicted octanol–water partition coefficient (Wildman–Crippen LogP) is 3.24. The standard InChI is InChI=1S/C14H18BrNO2S/c1-18-9-10-3-2-6-16(8-10)14(17)12-5-4-11(15)7-13(12)19/h4-5,7,10,19H,2-3,6,8-9H2,1H3. The maximum absolute atomic E-state index is 12.5. The fourth-order valence-electron chi connectivity index (χ4n) is 2.48. The highest BCUT2D eigenvalue weighted by Gasteiger charge is 2.25. The Bertz CT molecular complexity index is 465. The fourth-order valence-corrected chi connectivity index (χ4v) is 3.32. The molecule has 1 aromatic carbocycles. The van der Waals surface area contributed by atoms with Crippen LogP contribution in [-0.2, 0) is 4.74 Å². The Morgan fingerprint density at radius 2 is 2.37 bits per heavy atom. The highest BCUT2D eigenvalue weighted by atomic mass is 79.9. The molecule has 1 heterocycles. The third-order valence-corrected chi connectivity index (χ3v) is 4.26. The molecule has 19 heavy (non-hydrogen) atoms. The van der Waals surface area contributed by atoms with Gasteiger partial charge in [-0.3, -0.25) is 4.79 Å². The van der Waals surface area contributed by atoms with E-state index in [1.54, 1.807) is 7.11 Å². The highest BCUT2D eigenvalue weighted by Crippen LogP contribution is 2.24. The lowest BCUT2D eigenvalue weighted by Gasteiger charge is -2.32. The second-order valence-corrected chi connectivity index (χ2v) is 6.27. The van der Waals surface area contributed by atoms with Crippen LogP contribution in [0.4, 0.5) is 0 Å². The van der Waals surface area contributed by atoms with E-state index >= 15 is 0 Å². The molecule has 3 nitrogen and oxygen atoms in total. The first-order chi connectivity index (χ1) is 9.11. The van der Waals surface area contributed by atoms with Crippen LogP contribution in [0.3, 0.4) is 0 Å². The second kappa shape index (κ2) is 6.77. The average Bonchev–Trinajstić information content (AvgIpc) is 2.39. The number of rotatable bonds is 3. The van der Waals surface area contributed by atoms with Crippen LogP contribution in [0.25, 0.3) is 0 Å². The number of carbonyl (C=O) groups is 1. The zero-order valence-corrected chi connectivity index (χ0v) is 13.4. The summed E-state index contributed by atoms with van der Waals surface area (Å²) in [6.45, 7) is 2.32. The summed E-state index contributed by atoms with van der Waals surface area (Å²) >= 11 is 7.77. The van der Waals surface area contributed by atoms with Gasteiger partial charge in [0.1, 0.15) is 0 Å². The van der Waals surface area contributed by atoms with E-state index in [9.17, 15) is 4.79 Å². The maximum Gasteiger partial charge on any atom is 0.254 e. The molecule has 1 atom stereocenters. The monoisotopic (exact) mass is 343 g/mol. The van der Waals surface area contributed by atoms with Crippen molar-refractivity contribution in [3.63, 3.8) is 0 Å². The van der Waals surface area contributed by atoms with Gasteiger partial charge in [-0.25, -0.2) is 0 Å². The predicted molar refractivity (Wildman–Crippen MR) is 81.9 cm³/mol. The third-order valence-electron chi connectivity index (χ3n) is 3.40. The number of nitrogens with zero attached hydrogens (tertiary/aromatic N) is 1. The van der Waals surface area contributed by atoms with Crippen molar-refractivity contribution in [1.29, 1.82) is 0 Å². The molecule has 5 heteroatoms. The SMILES string of the molecule is COCC1CCCN(C(=O)c2ccc(Br)cc2S)C1. The van der Waals surface area contributed by atoms with Crippen molar-refractivity contribution >= 4 is 34.5 Å². The summed E-state index contributed by atoms with van der Waals surface area (Å²) in [7, 11) is 1.71. The first kappa shape index (κ1) is 14.9. The van der Waals surface area contributed by atoms with Crippen LogP contribution < -0.4 is 0 Å². The Hall–Kier alpha value is -0.520. The number of methoxy groups -OCH3 is 1. The minimum absolute atomic E-state index is 0.0679. The summed E-state index contributed by atoms with van der Waals surface area (Å²) < 4.78 is 6.13. The van der Waals surface area contributed by atoms with E-state index in [1.807, 2.05) is 23.1 Å². The molecule has 0 aliphatic carbocycles. The molecule has 1 unspecified atom stereocenters. The molecule has 104 valence electrons. The number of ether oxygens (including phenoxy) is 1. The zero-order chi connectivity index (χ0) is 13.8. The van der Waals surface area contributed by atoms with Crippen LogP contribution in [0.15, 0.2) is 27.6 Å². The molecule has 0 radical (unpaired) electrons. The average molecular weight is 344 g/mol. The molecule has 1 saturated heterocycles. The van der Waals surface area contributed by atoms with Crippen molar-refractivity contribution < 1.29 is 9.53 Å². The molecule has 0 spiro atoms. The number of thiol groups is 1. The number of likely N-dealkylation sites (tertiary alicyclic amines) is 1. The van der Waals surface area contributed by atoms with Gasteiger partial charge < -0.3 is 9.64 Å². The maximum atomic E-state index is 12.5. The topological polar surface area (TPSA) is 29.5 Å². The Morgan fingerprint density at radius 3 is 3.05 bits per heavy atom. The lowest BCUT2D eigenvalue weighted by atomic mass is 9.98. The van der Waals surface area contributed by atoms with E-state index in [0.29, 0.717) is 16.4 Å². The Kier molecular flexibility index (Phi) is 5.30. The minimum atomic E-state index is 0.0679. The molecule has 1 fully saturated rings. The van der Waals surface area contributed by atoms with E-state index < -0.39 is 0 Å². The first-order valence-electron chi connectivity index (χ1n) is 6.38. The summed E-state index contributed by atoms with van der Waals surface area (Å²) in [4.78, 5) is 15.1. The zero-order valence-electron chi connectivity index (χ0n) is 10.9. The van der Waals surface area contributed by atoms with Crippen LogP contribution >= 0.6 is 28.6 Å². The van der Waals surface area contributed by atoms with Gasteiger partial charge in [-0.05, 0) is 37.0 Å². The second-order valence-electron chi connectivity index (χ2n) is 4.88. The summed E-state index contributed by atoms with van der Waals surface area (Å²) in [5, 5.41) is 0. The van der Waals surface area contributed by atoms with Gasteiger partial charge in [0.25, 0.3) is 5.91 Å². The summed E-state index contributed by atoms with van der Waals surface area (Å²) in [5.41, 5.74) is 0.671. The number of hydrogen-bond donors (Lipinski definition) is 1. The molecule has 2 rings (SSSR count). The van der Waals surface area contributed by atoms with Crippen LogP contribution in [0.2, 0.25) is 0 Å². The molecule has 1 amide bonds. The highest BCUT2D eigenvalue weighted by molar-refractivity contribution is 9.10. The van der Waals surface area contributed by atoms with Gasteiger partial charge in [0.2, 0.25) is 0 Å². The largest absolute Gasteiger partial charge is 0.384 e. The number of hydrogen-bond acceptors (Lipinski definition) is 3. The van der Waals surface area contributed by atoms with Gasteiger partial charge in [0.15, 0.2) is 0 Å². The van der Waals surface area contributed by atoms with Gasteiger partial charge >= 0.3 is 0 Å². The van der Waals surface area contributed by atoms with Crippen LogP contribution in [0.1, 0.15) is 23.2 Å². The Labute approximate surface area is 127 Å². The van der Waals surface area contributed by atoms with Crippen LogP contribution in [0.5, 0.6) is 0 Å². The quantitative estimate of drug-likeness (QED) is 0.853. The number of piperidine rings is 1. The Morgan fingerprint density at radius 1 is 1.58 bits per heavy atom. The van der Waals surface area contributed by atoms with Crippen LogP contribution in [-0.4, -0.2) is 37.6 Å². The van der Waals surface area contributed by atoms with E-state index in [-0.39, 0.29) is 5.91 Å². The molecule has 1 aliphatic heterocycles. The lowest BCUT2D eigenvalue weighted by molar-refractivity contribution is 0.0568. The molecule has 0 saturated carbocycles. The summed E-state index contributed by atoms with van der Waals surface area (Å²) in [6, 6.07) is 5.56. The van der Waals surface area contributed by atoms with Crippen molar-refractivity contribution in [3.05, 3.63) is 28.2 Å². The molecular weight excluding hydrogens is 326 g/mol. The summed E-state index contributed by atoms with van der Waals surface area (Å²) in [6.07, 6.45) is 2.17. The summed E-state index contributed by atoms with van der Waals surface area (Å²) in [5.74, 6) is 0.514. The number of halogens is 1. The van der Waals surface area contributed by atoms with Crippen LogP contribution in [0, 0.1) is 5.92 Å². The van der Waals surface area contributed by atoms with Crippen molar-refractivity contribution in [3.8, 4) is 0 Å². The van der Waals surface area contributed by atoms with E-state index in [2.05, 4.69) is 28.6 Å². The van der Waals surface area contributed by atoms with Gasteiger partial charge in [0, 0.05) is 29.6 Å². The molecule has 0 N–H and O–H groups in total. The number of carbonyl (C=O) groups excluding carboxylic acids is 1. The van der Waals surface area contributed by atoms with Gasteiger partial charge in [-0.2, -0.15) is 0 Å². The molecule has 1 aliphatic rings. The van der Waals surface area contributed by atoms with Gasteiger partial charge in [0.05, 0.1) is 12.2 Å². The fraction of sp³-hybridized carbons (Fsp3) is 0.500. The van der Waals surface area contributed by atoms with Crippen molar-refractivity contribution in [2.45, 2.75) is 17.7 Å². The lowest BCUT2D eigenvalue weighted by Crippen LogP contribution is -2.41. The normalized spacial score (nSPS) is 19.5.